The Kier molecular flexibility index (Phi) is 2.94. The van der Waals surface area contributed by atoms with Gasteiger partial charge < -0.3 is 10.4 Å². The van der Waals surface area contributed by atoms with Gasteiger partial charge in [0.1, 0.15) is 12.1 Å². The molecule has 5 heteroatoms. The van der Waals surface area contributed by atoms with E-state index in [1.54, 1.807) is 17.7 Å². The Balaban J connectivity index is 1.87. The average Bonchev–Trinajstić information content (AvgIpc) is 2.97. The first-order chi connectivity index (χ1) is 8.38. The Bertz CT molecular complexity index is 513. The maximum absolute atomic E-state index is 9.32. The number of aromatic nitrogens is 2. The first-order valence-electron chi connectivity index (χ1n) is 5.94. The zero-order valence-corrected chi connectivity index (χ0v) is 10.3. The topological polar surface area (TPSA) is 58.0 Å². The fraction of sp³-hybridized carbons (Fsp3) is 0.500. The van der Waals surface area contributed by atoms with Gasteiger partial charge in [-0.1, -0.05) is 6.42 Å². The van der Waals surface area contributed by atoms with Gasteiger partial charge in [0.05, 0.1) is 10.2 Å². The zero-order chi connectivity index (χ0) is 11.7. The summed E-state index contributed by atoms with van der Waals surface area (Å²) < 4.78 is 1.11. The molecule has 0 aliphatic heterocycles. The smallest absolute Gasteiger partial charge is 0.147 e. The maximum atomic E-state index is 9.32. The molecule has 2 aromatic heterocycles. The first kappa shape index (κ1) is 10.9. The van der Waals surface area contributed by atoms with E-state index < -0.39 is 0 Å². The summed E-state index contributed by atoms with van der Waals surface area (Å²) in [4.78, 5) is 8.54. The van der Waals surface area contributed by atoms with E-state index >= 15 is 0 Å². The fourth-order valence-electron chi connectivity index (χ4n) is 2.51. The molecule has 1 aliphatic rings. The van der Waals surface area contributed by atoms with Crippen LogP contribution in [0.1, 0.15) is 19.3 Å². The van der Waals surface area contributed by atoms with Crippen molar-refractivity contribution in [3.63, 3.8) is 0 Å². The van der Waals surface area contributed by atoms with Gasteiger partial charge in [0.15, 0.2) is 0 Å². The van der Waals surface area contributed by atoms with Gasteiger partial charge in [0.25, 0.3) is 0 Å². The lowest BCUT2D eigenvalue weighted by atomic mass is 10.1. The van der Waals surface area contributed by atoms with E-state index in [2.05, 4.69) is 15.3 Å². The van der Waals surface area contributed by atoms with Gasteiger partial charge >= 0.3 is 0 Å². The van der Waals surface area contributed by atoms with E-state index in [-0.39, 0.29) is 6.61 Å². The summed E-state index contributed by atoms with van der Waals surface area (Å²) in [6.45, 7) is 0.260. The summed E-state index contributed by atoms with van der Waals surface area (Å²) in [5.74, 6) is 1.27. The standard InChI is InChI=1S/C12H15N3OS/c16-6-8-2-1-3-9(8)15-12-11-10(4-5-17-11)13-7-14-12/h4-5,7-9,16H,1-3,6H2,(H,13,14,15). The van der Waals surface area contributed by atoms with Crippen LogP contribution in [0.3, 0.4) is 0 Å². The Morgan fingerprint density at radius 2 is 2.35 bits per heavy atom. The fourth-order valence-corrected chi connectivity index (χ4v) is 3.31. The summed E-state index contributed by atoms with van der Waals surface area (Å²) >= 11 is 1.66. The minimum atomic E-state index is 0.260. The number of hydrogen-bond donors (Lipinski definition) is 2. The molecular formula is C12H15N3OS. The van der Waals surface area contributed by atoms with E-state index in [9.17, 15) is 5.11 Å². The number of thiophene rings is 1. The predicted octanol–water partition coefficient (Wildman–Crippen LogP) is 2.26. The molecule has 17 heavy (non-hydrogen) atoms. The molecule has 1 saturated carbocycles. The highest BCUT2D eigenvalue weighted by Crippen LogP contribution is 2.31. The van der Waals surface area contributed by atoms with E-state index in [4.69, 9.17) is 0 Å². The van der Waals surface area contributed by atoms with Crippen LogP contribution in [-0.2, 0) is 0 Å². The van der Waals surface area contributed by atoms with Crippen molar-refractivity contribution in [2.24, 2.45) is 5.92 Å². The molecule has 2 aromatic rings. The normalized spacial score (nSPS) is 24.3. The third kappa shape index (κ3) is 2.00. The second-order valence-electron chi connectivity index (χ2n) is 4.48. The van der Waals surface area contributed by atoms with Crippen molar-refractivity contribution in [3.05, 3.63) is 17.8 Å². The van der Waals surface area contributed by atoms with Crippen LogP contribution in [0.15, 0.2) is 17.8 Å². The van der Waals surface area contributed by atoms with Crippen LogP contribution in [0.25, 0.3) is 10.2 Å². The van der Waals surface area contributed by atoms with Gasteiger partial charge in [-0.2, -0.15) is 0 Å². The highest BCUT2D eigenvalue weighted by atomic mass is 32.1. The lowest BCUT2D eigenvalue weighted by molar-refractivity contribution is 0.222. The summed E-state index contributed by atoms with van der Waals surface area (Å²) in [5.41, 5.74) is 0.992. The maximum Gasteiger partial charge on any atom is 0.147 e. The second kappa shape index (κ2) is 4.58. The van der Waals surface area contributed by atoms with Crippen LogP contribution in [0.4, 0.5) is 5.82 Å². The minimum Gasteiger partial charge on any atom is -0.396 e. The molecule has 1 fully saturated rings. The third-order valence-corrected chi connectivity index (χ3v) is 4.37. The SMILES string of the molecule is OCC1CCCC1Nc1ncnc2ccsc12. The van der Waals surface area contributed by atoms with Gasteiger partial charge in [0.2, 0.25) is 0 Å². The molecular weight excluding hydrogens is 234 g/mol. The van der Waals surface area contributed by atoms with E-state index in [1.165, 1.54) is 6.42 Å². The van der Waals surface area contributed by atoms with Crippen molar-refractivity contribution in [1.29, 1.82) is 0 Å². The van der Waals surface area contributed by atoms with Crippen molar-refractivity contribution in [3.8, 4) is 0 Å². The molecule has 90 valence electrons. The van der Waals surface area contributed by atoms with Gasteiger partial charge in [-0.3, -0.25) is 0 Å². The van der Waals surface area contributed by atoms with Crippen molar-refractivity contribution in [2.45, 2.75) is 25.3 Å². The predicted molar refractivity (Wildman–Crippen MR) is 69.3 cm³/mol. The number of anilines is 1. The molecule has 4 nitrogen and oxygen atoms in total. The lowest BCUT2D eigenvalue weighted by Crippen LogP contribution is -2.26. The Labute approximate surface area is 104 Å². The molecule has 0 saturated heterocycles. The van der Waals surface area contributed by atoms with E-state index in [1.807, 2.05) is 11.4 Å². The van der Waals surface area contributed by atoms with Crippen molar-refractivity contribution < 1.29 is 5.11 Å². The van der Waals surface area contributed by atoms with E-state index in [0.29, 0.717) is 12.0 Å². The highest BCUT2D eigenvalue weighted by Gasteiger charge is 2.27. The van der Waals surface area contributed by atoms with Crippen LogP contribution in [-0.4, -0.2) is 27.7 Å². The minimum absolute atomic E-state index is 0.260. The van der Waals surface area contributed by atoms with Gasteiger partial charge in [0, 0.05) is 18.6 Å². The molecule has 0 radical (unpaired) electrons. The van der Waals surface area contributed by atoms with Gasteiger partial charge in [-0.05, 0) is 24.3 Å². The summed E-state index contributed by atoms with van der Waals surface area (Å²) in [6, 6.07) is 2.35. The van der Waals surface area contributed by atoms with Crippen LogP contribution in [0, 0.1) is 5.92 Å². The van der Waals surface area contributed by atoms with Crippen LogP contribution in [0.5, 0.6) is 0 Å². The largest absolute Gasteiger partial charge is 0.396 e. The molecule has 2 unspecified atom stereocenters. The lowest BCUT2D eigenvalue weighted by Gasteiger charge is -2.19. The molecule has 2 N–H and O–H groups in total. The second-order valence-corrected chi connectivity index (χ2v) is 5.40. The Morgan fingerprint density at radius 1 is 1.41 bits per heavy atom. The number of nitrogens with one attached hydrogen (secondary N) is 1. The monoisotopic (exact) mass is 249 g/mol. The van der Waals surface area contributed by atoms with Crippen LogP contribution >= 0.6 is 11.3 Å². The van der Waals surface area contributed by atoms with Crippen LogP contribution < -0.4 is 5.32 Å². The molecule has 0 spiro atoms. The number of nitrogens with zero attached hydrogens (tertiary/aromatic N) is 2. The Morgan fingerprint density at radius 3 is 3.24 bits per heavy atom. The van der Waals surface area contributed by atoms with Gasteiger partial charge in [-0.25, -0.2) is 9.97 Å². The first-order valence-corrected chi connectivity index (χ1v) is 6.82. The summed E-state index contributed by atoms with van der Waals surface area (Å²) in [5, 5.41) is 14.8. The molecule has 1 aliphatic carbocycles. The summed E-state index contributed by atoms with van der Waals surface area (Å²) in [7, 11) is 0. The molecule has 0 amide bonds. The molecule has 0 aromatic carbocycles. The number of hydrogen-bond acceptors (Lipinski definition) is 5. The molecule has 2 atom stereocenters. The quantitative estimate of drug-likeness (QED) is 0.876. The van der Waals surface area contributed by atoms with Crippen molar-refractivity contribution in [1.82, 2.24) is 9.97 Å². The van der Waals surface area contributed by atoms with Crippen molar-refractivity contribution >= 4 is 27.4 Å². The molecule has 3 rings (SSSR count). The molecule has 2 heterocycles. The van der Waals surface area contributed by atoms with E-state index in [0.717, 1.165) is 28.9 Å². The van der Waals surface area contributed by atoms with Crippen LogP contribution in [0.2, 0.25) is 0 Å². The van der Waals surface area contributed by atoms with Crippen molar-refractivity contribution in [2.75, 3.05) is 11.9 Å². The molecule has 0 bridgehead atoms. The number of fused-ring (bicyclic) bond motifs is 1. The zero-order valence-electron chi connectivity index (χ0n) is 9.47. The Hall–Kier alpha value is -1.20. The average molecular weight is 249 g/mol. The number of rotatable bonds is 3. The number of aliphatic hydroxyl groups excluding tert-OH is 1. The third-order valence-electron chi connectivity index (χ3n) is 3.46. The number of aliphatic hydroxyl groups is 1. The van der Waals surface area contributed by atoms with Gasteiger partial charge in [-0.15, -0.1) is 11.3 Å². The summed E-state index contributed by atoms with van der Waals surface area (Å²) in [6.07, 6.45) is 5.00. The highest BCUT2D eigenvalue weighted by molar-refractivity contribution is 7.17.